The van der Waals surface area contributed by atoms with Gasteiger partial charge in [-0.05, 0) is 38.5 Å². The molecule has 0 saturated heterocycles. The lowest BCUT2D eigenvalue weighted by Gasteiger charge is -2.28. The second-order valence-electron chi connectivity index (χ2n) is 11.5. The quantitative estimate of drug-likeness (QED) is 0.0306. The molecule has 44 heavy (non-hydrogen) atoms. The number of unbranched alkanes of at least 4 members (excludes halogenated alkanes) is 4. The lowest BCUT2D eigenvalue weighted by Crippen LogP contribution is -2.37. The molecule has 0 N–H and O–H groups in total. The molecule has 0 fully saturated rings. The van der Waals surface area contributed by atoms with Crippen molar-refractivity contribution < 1.29 is 42.1 Å². The van der Waals surface area contributed by atoms with Gasteiger partial charge in [-0.3, -0.25) is 14.2 Å². The van der Waals surface area contributed by atoms with E-state index in [9.17, 15) is 19.0 Å². The van der Waals surface area contributed by atoms with E-state index in [-0.39, 0.29) is 26.1 Å². The zero-order valence-corrected chi connectivity index (χ0v) is 28.7. The minimum absolute atomic E-state index is 0.00949. The van der Waals surface area contributed by atoms with Gasteiger partial charge in [0.1, 0.15) is 19.8 Å². The van der Waals surface area contributed by atoms with Gasteiger partial charge in [0, 0.05) is 6.42 Å². The highest BCUT2D eigenvalue weighted by Gasteiger charge is 2.21. The Morgan fingerprint density at radius 2 is 1.27 bits per heavy atom. The van der Waals surface area contributed by atoms with Gasteiger partial charge in [-0.25, -0.2) is 0 Å². The van der Waals surface area contributed by atoms with E-state index in [1.165, 1.54) is 0 Å². The van der Waals surface area contributed by atoms with E-state index in [4.69, 9.17) is 18.5 Å². The van der Waals surface area contributed by atoms with E-state index in [0.29, 0.717) is 23.9 Å². The first-order chi connectivity index (χ1) is 21.0. The van der Waals surface area contributed by atoms with Crippen molar-refractivity contribution in [2.24, 2.45) is 0 Å². The van der Waals surface area contributed by atoms with Gasteiger partial charge in [0.2, 0.25) is 0 Å². The molecule has 0 aliphatic rings. The molecule has 0 aromatic rings. The first-order valence-corrected chi connectivity index (χ1v) is 17.5. The van der Waals surface area contributed by atoms with Crippen molar-refractivity contribution in [3.8, 4) is 0 Å². The number of quaternary nitrogens is 1. The van der Waals surface area contributed by atoms with Crippen molar-refractivity contribution in [3.63, 3.8) is 0 Å². The second kappa shape index (κ2) is 27.1. The number of hydrogen-bond acceptors (Lipinski definition) is 8. The van der Waals surface area contributed by atoms with Crippen LogP contribution in [0.4, 0.5) is 0 Å². The molecule has 0 rings (SSSR count). The molecule has 2 atom stereocenters. The molecule has 0 aliphatic heterocycles. The molecular formula is C34H58NO8P. The lowest BCUT2D eigenvalue weighted by molar-refractivity contribution is -0.870. The lowest BCUT2D eigenvalue weighted by atomic mass is 10.1. The van der Waals surface area contributed by atoms with Gasteiger partial charge < -0.3 is 27.9 Å². The molecule has 0 radical (unpaired) electrons. The van der Waals surface area contributed by atoms with E-state index in [2.05, 4.69) is 56.4 Å². The zero-order chi connectivity index (χ0) is 32.9. The normalized spacial score (nSPS) is 14.8. The molecule has 2 unspecified atom stereocenters. The summed E-state index contributed by atoms with van der Waals surface area (Å²) in [6.07, 6.45) is 29.0. The van der Waals surface area contributed by atoms with Crippen LogP contribution in [-0.4, -0.2) is 70.0 Å². The van der Waals surface area contributed by atoms with Crippen LogP contribution in [0, 0.1) is 0 Å². The maximum absolute atomic E-state index is 12.4. The van der Waals surface area contributed by atoms with Crippen molar-refractivity contribution in [3.05, 3.63) is 60.8 Å². The molecule has 0 aromatic carbocycles. The molecule has 10 heteroatoms. The van der Waals surface area contributed by atoms with Crippen LogP contribution in [0.2, 0.25) is 0 Å². The van der Waals surface area contributed by atoms with Crippen LogP contribution in [-0.2, 0) is 32.7 Å². The van der Waals surface area contributed by atoms with Gasteiger partial charge in [-0.2, -0.15) is 0 Å². The molecule has 0 saturated carbocycles. The highest BCUT2D eigenvalue weighted by Crippen LogP contribution is 2.38. The molecule has 9 nitrogen and oxygen atoms in total. The third-order valence-electron chi connectivity index (χ3n) is 6.09. The van der Waals surface area contributed by atoms with Crippen LogP contribution in [0.15, 0.2) is 60.8 Å². The summed E-state index contributed by atoms with van der Waals surface area (Å²) in [6.45, 7) is 3.84. The van der Waals surface area contributed by atoms with Crippen molar-refractivity contribution in [1.82, 2.24) is 0 Å². The minimum Gasteiger partial charge on any atom is -0.756 e. The molecule has 0 aromatic heterocycles. The topological polar surface area (TPSA) is 111 Å². The fourth-order valence-electron chi connectivity index (χ4n) is 3.55. The smallest absolute Gasteiger partial charge is 0.310 e. The fraction of sp³-hybridized carbons (Fsp3) is 0.647. The Morgan fingerprint density at radius 3 is 1.82 bits per heavy atom. The average Bonchev–Trinajstić information content (AvgIpc) is 2.95. The van der Waals surface area contributed by atoms with E-state index in [1.807, 2.05) is 33.3 Å². The summed E-state index contributed by atoms with van der Waals surface area (Å²) in [5.74, 6) is -1.01. The Hall–Kier alpha value is -2.29. The van der Waals surface area contributed by atoms with Gasteiger partial charge in [0.05, 0.1) is 34.2 Å². The monoisotopic (exact) mass is 639 g/mol. The van der Waals surface area contributed by atoms with Crippen LogP contribution < -0.4 is 4.89 Å². The molecule has 0 aliphatic carbocycles. The standard InChI is InChI=1S/C34H58NO8P/c1-6-8-10-12-13-14-15-16-17-18-19-20-21-23-25-27-34(37)43-32(30-40-33(36)26-24-22-11-9-7-2)31-42-44(38,39)41-29-28-35(3,4)5/h8,10,13-14,16-17,19-20,23,25,32H,6-7,9,11-12,15,18,21-22,24,26-31H2,1-5H3/b10-8-,14-13-,17-16-,20-19-,25-23-. The Labute approximate surface area is 266 Å². The van der Waals surface area contributed by atoms with Crippen LogP contribution in [0.5, 0.6) is 0 Å². The summed E-state index contributed by atoms with van der Waals surface area (Å²) in [6, 6.07) is 0. The van der Waals surface area contributed by atoms with Crippen molar-refractivity contribution in [2.45, 2.75) is 97.0 Å². The number of ether oxygens (including phenoxy) is 2. The first-order valence-electron chi connectivity index (χ1n) is 16.0. The van der Waals surface area contributed by atoms with E-state index in [0.717, 1.165) is 51.4 Å². The van der Waals surface area contributed by atoms with Gasteiger partial charge in [0.15, 0.2) is 6.10 Å². The first kappa shape index (κ1) is 41.7. The maximum atomic E-state index is 12.4. The SMILES string of the molecule is CC/C=C\C/C=C\C/C=C\C/C=C\C/C=C\CC(=O)OC(COC(=O)CCCCCCC)COP(=O)([O-])OCC[N+](C)(C)C. The van der Waals surface area contributed by atoms with Gasteiger partial charge in [-0.15, -0.1) is 0 Å². The predicted molar refractivity (Wildman–Crippen MR) is 176 cm³/mol. The largest absolute Gasteiger partial charge is 0.756 e. The average molecular weight is 640 g/mol. The molecular weight excluding hydrogens is 581 g/mol. The van der Waals surface area contributed by atoms with Crippen molar-refractivity contribution in [2.75, 3.05) is 47.5 Å². The summed E-state index contributed by atoms with van der Waals surface area (Å²) >= 11 is 0. The molecule has 0 spiro atoms. The third kappa shape index (κ3) is 29.8. The minimum atomic E-state index is -4.63. The van der Waals surface area contributed by atoms with Crippen LogP contribution in [0.1, 0.15) is 90.9 Å². The number of phosphoric acid groups is 1. The van der Waals surface area contributed by atoms with Crippen LogP contribution in [0.25, 0.3) is 0 Å². The van der Waals surface area contributed by atoms with E-state index >= 15 is 0 Å². The third-order valence-corrected chi connectivity index (χ3v) is 7.05. The molecule has 252 valence electrons. The molecule has 0 amide bonds. The number of carbonyl (C=O) groups is 2. The summed E-state index contributed by atoms with van der Waals surface area (Å²) < 4.78 is 33.2. The Morgan fingerprint density at radius 1 is 0.727 bits per heavy atom. The number of rotatable bonds is 27. The van der Waals surface area contributed by atoms with Crippen LogP contribution in [0.3, 0.4) is 0 Å². The van der Waals surface area contributed by atoms with Crippen molar-refractivity contribution in [1.29, 1.82) is 0 Å². The summed E-state index contributed by atoms with van der Waals surface area (Å²) in [7, 11) is 1.09. The number of allylic oxidation sites excluding steroid dienone is 9. The Bertz CT molecular complexity index is 949. The second-order valence-corrected chi connectivity index (χ2v) is 12.9. The molecule has 0 heterocycles. The van der Waals surface area contributed by atoms with E-state index in [1.54, 1.807) is 6.08 Å². The summed E-state index contributed by atoms with van der Waals surface area (Å²) in [5, 5.41) is 0. The highest BCUT2D eigenvalue weighted by atomic mass is 31.2. The van der Waals surface area contributed by atoms with Crippen molar-refractivity contribution >= 4 is 19.8 Å². The number of carbonyl (C=O) groups excluding carboxylic acids is 2. The molecule has 0 bridgehead atoms. The Kier molecular flexibility index (Phi) is 25.6. The Balaban J connectivity index is 4.65. The van der Waals surface area contributed by atoms with Gasteiger partial charge >= 0.3 is 11.9 Å². The summed E-state index contributed by atoms with van der Waals surface area (Å²) in [5.41, 5.74) is 0. The predicted octanol–water partition coefficient (Wildman–Crippen LogP) is 7.15. The van der Waals surface area contributed by atoms with E-state index < -0.39 is 32.5 Å². The highest BCUT2D eigenvalue weighted by molar-refractivity contribution is 7.45. The number of esters is 2. The number of hydrogen-bond donors (Lipinski definition) is 0. The fourth-order valence-corrected chi connectivity index (χ4v) is 4.28. The zero-order valence-electron chi connectivity index (χ0n) is 27.8. The summed E-state index contributed by atoms with van der Waals surface area (Å²) in [4.78, 5) is 36.8. The van der Waals surface area contributed by atoms with Gasteiger partial charge in [-0.1, -0.05) is 100 Å². The number of likely N-dealkylation sites (N-methyl/N-ethyl adjacent to an activating group) is 1. The maximum Gasteiger partial charge on any atom is 0.310 e. The number of phosphoric ester groups is 1. The van der Waals surface area contributed by atoms with Gasteiger partial charge in [0.25, 0.3) is 7.82 Å². The van der Waals surface area contributed by atoms with Crippen LogP contribution >= 0.6 is 7.82 Å². The number of nitrogens with zero attached hydrogens (tertiary/aromatic N) is 1.